The lowest BCUT2D eigenvalue weighted by atomic mass is 10.4. The molecule has 10 heavy (non-hydrogen) atoms. The molecule has 0 aliphatic rings. The van der Waals surface area contributed by atoms with Gasteiger partial charge in [0.25, 0.3) is 0 Å². The Morgan fingerprint density at radius 1 is 1.80 bits per heavy atom. The number of thiocarbonyl (C=S) groups is 1. The molecular weight excluding hydrogens is 152 g/mol. The fourth-order valence-corrected chi connectivity index (χ4v) is 0.490. The summed E-state index contributed by atoms with van der Waals surface area (Å²) in [5, 5.41) is 12.5. The number of aliphatic imine (C=N–C) groups is 1. The summed E-state index contributed by atoms with van der Waals surface area (Å²) >= 11 is 4.30. The lowest BCUT2D eigenvalue weighted by Gasteiger charge is -1.95. The zero-order valence-corrected chi connectivity index (χ0v) is 6.15. The Morgan fingerprint density at radius 3 is 3.00 bits per heavy atom. The highest BCUT2D eigenvalue weighted by molar-refractivity contribution is 7.78. The molecule has 0 heterocycles. The van der Waals surface area contributed by atoms with Gasteiger partial charge in [0.15, 0.2) is 0 Å². The zero-order valence-electron chi connectivity index (χ0n) is 5.33. The van der Waals surface area contributed by atoms with E-state index in [9.17, 15) is 4.79 Å². The molecule has 0 saturated carbocycles. The Hall–Kier alpha value is -0.930. The number of rotatable bonds is 4. The zero-order chi connectivity index (χ0) is 7.82. The second-order valence-corrected chi connectivity index (χ2v) is 1.74. The average Bonchev–Trinajstić information content (AvgIpc) is 1.87. The van der Waals surface area contributed by atoms with Crippen LogP contribution in [0.5, 0.6) is 0 Å². The smallest absolute Gasteiger partial charge is 0.404 e. The second-order valence-electron chi connectivity index (χ2n) is 1.56. The quantitative estimate of drug-likeness (QED) is 0.362. The van der Waals surface area contributed by atoms with E-state index in [-0.39, 0.29) is 0 Å². The monoisotopic (exact) mass is 160 g/mol. The predicted molar refractivity (Wildman–Crippen MR) is 40.5 cm³/mol. The third-order valence-electron chi connectivity index (χ3n) is 0.787. The van der Waals surface area contributed by atoms with Crippen molar-refractivity contribution in [3.8, 4) is 0 Å². The highest BCUT2D eigenvalue weighted by atomic mass is 32.1. The minimum Gasteiger partial charge on any atom is -0.465 e. The topological polar surface area (TPSA) is 61.7 Å². The lowest BCUT2D eigenvalue weighted by molar-refractivity contribution is 0.194. The Kier molecular flexibility index (Phi) is 5.62. The number of nitrogens with zero attached hydrogens (tertiary/aromatic N) is 1. The summed E-state index contributed by atoms with van der Waals surface area (Å²) in [6.45, 7) is 0.944. The molecule has 0 aromatic carbocycles. The van der Waals surface area contributed by atoms with E-state index >= 15 is 0 Å². The van der Waals surface area contributed by atoms with Crippen molar-refractivity contribution in [2.24, 2.45) is 4.99 Å². The van der Waals surface area contributed by atoms with Crippen LogP contribution in [0.25, 0.3) is 0 Å². The van der Waals surface area contributed by atoms with Gasteiger partial charge in [-0.05, 0) is 18.6 Å². The minimum absolute atomic E-state index is 0.413. The van der Waals surface area contributed by atoms with Crippen LogP contribution in [0.15, 0.2) is 4.99 Å². The standard InChI is InChI=1S/C5H8N2O2S/c8-5(9)7-3-1-2-6-4-10/h7H,1-3H2,(H,8,9). The van der Waals surface area contributed by atoms with Crippen molar-refractivity contribution in [1.82, 2.24) is 5.32 Å². The lowest BCUT2D eigenvalue weighted by Crippen LogP contribution is -2.22. The molecule has 4 nitrogen and oxygen atoms in total. The van der Waals surface area contributed by atoms with Crippen LogP contribution in [0, 0.1) is 0 Å². The second kappa shape index (κ2) is 6.19. The number of carboxylic acid groups (broad SMARTS) is 1. The molecule has 2 N–H and O–H groups in total. The van der Waals surface area contributed by atoms with Gasteiger partial charge in [-0.25, -0.2) is 9.79 Å². The molecule has 0 atom stereocenters. The number of carbonyl (C=O) groups is 1. The molecular formula is C5H8N2O2S. The molecule has 0 fully saturated rings. The highest BCUT2D eigenvalue weighted by Crippen LogP contribution is 1.76. The van der Waals surface area contributed by atoms with Crippen molar-refractivity contribution >= 4 is 23.5 Å². The summed E-state index contributed by atoms with van der Waals surface area (Å²) in [7, 11) is 0. The van der Waals surface area contributed by atoms with Gasteiger partial charge in [-0.3, -0.25) is 0 Å². The molecule has 0 spiro atoms. The van der Waals surface area contributed by atoms with Crippen LogP contribution in [-0.4, -0.2) is 29.5 Å². The van der Waals surface area contributed by atoms with Crippen molar-refractivity contribution in [1.29, 1.82) is 0 Å². The molecule has 0 aromatic heterocycles. The number of isothiocyanates is 1. The molecule has 5 heteroatoms. The molecule has 1 amide bonds. The van der Waals surface area contributed by atoms with E-state index in [2.05, 4.69) is 27.7 Å². The summed E-state index contributed by atoms with van der Waals surface area (Å²) in [6, 6.07) is 0. The maximum absolute atomic E-state index is 9.85. The fraction of sp³-hybridized carbons (Fsp3) is 0.600. The van der Waals surface area contributed by atoms with Gasteiger partial charge < -0.3 is 10.4 Å². The number of hydrogen-bond acceptors (Lipinski definition) is 3. The number of hydrogen-bond donors (Lipinski definition) is 2. The van der Waals surface area contributed by atoms with E-state index in [0.717, 1.165) is 0 Å². The number of nitrogens with one attached hydrogen (secondary N) is 1. The molecule has 0 aliphatic heterocycles. The third kappa shape index (κ3) is 7.07. The van der Waals surface area contributed by atoms with Crippen molar-refractivity contribution in [2.75, 3.05) is 13.1 Å². The molecule has 0 saturated heterocycles. The van der Waals surface area contributed by atoms with Gasteiger partial charge in [0, 0.05) is 6.54 Å². The predicted octanol–water partition coefficient (Wildman–Crippen LogP) is 0.747. The molecule has 56 valence electrons. The van der Waals surface area contributed by atoms with Crippen LogP contribution in [0.2, 0.25) is 0 Å². The summed E-state index contributed by atoms with van der Waals surface area (Å²) in [5.41, 5.74) is 0. The summed E-state index contributed by atoms with van der Waals surface area (Å²) in [4.78, 5) is 13.5. The Balaban J connectivity index is 3.05. The van der Waals surface area contributed by atoms with Gasteiger partial charge in [-0.15, -0.1) is 0 Å². The van der Waals surface area contributed by atoms with E-state index < -0.39 is 6.09 Å². The largest absolute Gasteiger partial charge is 0.465 e. The molecule has 0 aromatic rings. The van der Waals surface area contributed by atoms with Crippen LogP contribution in [-0.2, 0) is 0 Å². The maximum atomic E-state index is 9.85. The van der Waals surface area contributed by atoms with E-state index in [4.69, 9.17) is 5.11 Å². The van der Waals surface area contributed by atoms with Gasteiger partial charge in [0.1, 0.15) is 0 Å². The summed E-state index contributed by atoms with van der Waals surface area (Å²) in [5.74, 6) is 0. The third-order valence-corrected chi connectivity index (χ3v) is 0.917. The molecule has 0 radical (unpaired) electrons. The molecule has 0 bridgehead atoms. The SMILES string of the molecule is O=C(O)NCCCN=C=S. The summed E-state index contributed by atoms with van der Waals surface area (Å²) < 4.78 is 0. The first-order valence-corrected chi connectivity index (χ1v) is 3.18. The Labute approximate surface area is 64.0 Å². The van der Waals surface area contributed by atoms with Gasteiger partial charge in [-0.2, -0.15) is 0 Å². The molecule has 0 unspecified atom stereocenters. The van der Waals surface area contributed by atoms with E-state index in [1.54, 1.807) is 0 Å². The minimum atomic E-state index is -1.01. The van der Waals surface area contributed by atoms with E-state index in [1.807, 2.05) is 0 Å². The fourth-order valence-electron chi connectivity index (χ4n) is 0.399. The van der Waals surface area contributed by atoms with Gasteiger partial charge in [0.2, 0.25) is 0 Å². The van der Waals surface area contributed by atoms with Crippen molar-refractivity contribution in [3.05, 3.63) is 0 Å². The number of amides is 1. The van der Waals surface area contributed by atoms with Crippen LogP contribution in [0.3, 0.4) is 0 Å². The Morgan fingerprint density at radius 2 is 2.50 bits per heavy atom. The first-order chi connectivity index (χ1) is 4.77. The van der Waals surface area contributed by atoms with Crippen molar-refractivity contribution < 1.29 is 9.90 Å². The normalized spacial score (nSPS) is 8.00. The average molecular weight is 160 g/mol. The first kappa shape index (κ1) is 9.07. The van der Waals surface area contributed by atoms with Crippen LogP contribution >= 0.6 is 12.2 Å². The van der Waals surface area contributed by atoms with Gasteiger partial charge in [0.05, 0.1) is 11.7 Å². The van der Waals surface area contributed by atoms with Crippen molar-refractivity contribution in [3.63, 3.8) is 0 Å². The van der Waals surface area contributed by atoms with E-state index in [0.29, 0.717) is 19.5 Å². The molecule has 0 aliphatic carbocycles. The van der Waals surface area contributed by atoms with Crippen LogP contribution in [0.4, 0.5) is 4.79 Å². The maximum Gasteiger partial charge on any atom is 0.404 e. The van der Waals surface area contributed by atoms with Gasteiger partial charge in [-0.1, -0.05) is 0 Å². The van der Waals surface area contributed by atoms with Crippen molar-refractivity contribution in [2.45, 2.75) is 6.42 Å². The first-order valence-electron chi connectivity index (χ1n) is 2.78. The Bertz CT molecular complexity index is 150. The van der Waals surface area contributed by atoms with E-state index in [1.165, 1.54) is 0 Å². The summed E-state index contributed by atoms with van der Waals surface area (Å²) in [6.07, 6.45) is -0.345. The van der Waals surface area contributed by atoms with Crippen LogP contribution in [0.1, 0.15) is 6.42 Å². The van der Waals surface area contributed by atoms with Crippen LogP contribution < -0.4 is 5.32 Å². The molecule has 0 rings (SSSR count). The highest BCUT2D eigenvalue weighted by Gasteiger charge is 1.90. The van der Waals surface area contributed by atoms with Gasteiger partial charge >= 0.3 is 6.09 Å².